The molecule has 5 nitrogen and oxygen atoms in total. The molecule has 1 aliphatic heterocycles. The molecule has 0 atom stereocenters. The maximum absolute atomic E-state index is 5.41. The third-order valence-corrected chi connectivity index (χ3v) is 4.73. The summed E-state index contributed by atoms with van der Waals surface area (Å²) < 4.78 is 7.55. The van der Waals surface area contributed by atoms with Crippen molar-refractivity contribution in [1.29, 1.82) is 0 Å². The molecule has 0 saturated carbocycles. The zero-order valence-corrected chi connectivity index (χ0v) is 13.3. The molecule has 0 aliphatic carbocycles. The number of nitrogens with zero attached hydrogens (tertiary/aromatic N) is 4. The molecule has 0 radical (unpaired) electrons. The van der Waals surface area contributed by atoms with E-state index in [-0.39, 0.29) is 0 Å². The number of thiazole rings is 1. The normalized spacial score (nSPS) is 16.4. The van der Waals surface area contributed by atoms with Gasteiger partial charge in [0.1, 0.15) is 5.65 Å². The predicted octanol–water partition coefficient (Wildman–Crippen LogP) is 2.60. The average molecular weight is 314 g/mol. The Bertz CT molecular complexity index is 788. The van der Waals surface area contributed by atoms with Crippen LogP contribution in [0.5, 0.6) is 0 Å². The highest BCUT2D eigenvalue weighted by molar-refractivity contribution is 7.09. The first kappa shape index (κ1) is 13.9. The van der Waals surface area contributed by atoms with Crippen molar-refractivity contribution in [3.05, 3.63) is 40.5 Å². The van der Waals surface area contributed by atoms with Crippen LogP contribution in [0.1, 0.15) is 10.6 Å². The summed E-state index contributed by atoms with van der Waals surface area (Å²) in [5.74, 6) is 0. The second-order valence-corrected chi connectivity index (χ2v) is 6.61. The second-order valence-electron chi connectivity index (χ2n) is 5.55. The maximum atomic E-state index is 5.41. The highest BCUT2D eigenvalue weighted by atomic mass is 32.1. The van der Waals surface area contributed by atoms with Crippen molar-refractivity contribution in [3.63, 3.8) is 0 Å². The number of ether oxygens (including phenoxy) is 1. The minimum atomic E-state index is 0.830. The topological polar surface area (TPSA) is 42.7 Å². The number of imidazole rings is 1. The van der Waals surface area contributed by atoms with Crippen molar-refractivity contribution < 1.29 is 4.74 Å². The summed E-state index contributed by atoms with van der Waals surface area (Å²) in [6.07, 6.45) is 4.09. The van der Waals surface area contributed by atoms with Crippen molar-refractivity contribution >= 4 is 17.0 Å². The summed E-state index contributed by atoms with van der Waals surface area (Å²) >= 11 is 1.67. The number of aryl methyl sites for hydroxylation is 1. The monoisotopic (exact) mass is 314 g/mol. The third kappa shape index (κ3) is 2.65. The minimum absolute atomic E-state index is 0.830. The van der Waals surface area contributed by atoms with E-state index in [1.165, 1.54) is 5.56 Å². The van der Waals surface area contributed by atoms with Gasteiger partial charge in [-0.05, 0) is 18.6 Å². The van der Waals surface area contributed by atoms with Crippen molar-refractivity contribution in [2.75, 3.05) is 26.3 Å². The van der Waals surface area contributed by atoms with Crippen molar-refractivity contribution in [2.45, 2.75) is 13.5 Å². The number of morpholine rings is 1. The number of hydrogen-bond donors (Lipinski definition) is 0. The smallest absolute Gasteiger partial charge is 0.137 e. The molecule has 0 amide bonds. The Hall–Kier alpha value is -1.76. The standard InChI is InChI=1S/C16H18N4OS/c1-12-18-14(11-22-12)15-8-17-16-3-2-13(10-20(15)16)9-19-4-6-21-7-5-19/h2-3,8,10-11H,4-7,9H2,1H3. The van der Waals surface area contributed by atoms with Crippen LogP contribution in [-0.2, 0) is 11.3 Å². The number of aromatic nitrogens is 3. The van der Waals surface area contributed by atoms with Gasteiger partial charge in [-0.1, -0.05) is 6.07 Å². The predicted molar refractivity (Wildman–Crippen MR) is 87.1 cm³/mol. The van der Waals surface area contributed by atoms with Gasteiger partial charge in [0.25, 0.3) is 0 Å². The van der Waals surface area contributed by atoms with Gasteiger partial charge in [0.2, 0.25) is 0 Å². The first-order valence-electron chi connectivity index (χ1n) is 7.48. The van der Waals surface area contributed by atoms with Gasteiger partial charge >= 0.3 is 0 Å². The highest BCUT2D eigenvalue weighted by Crippen LogP contribution is 2.23. The van der Waals surface area contributed by atoms with E-state index >= 15 is 0 Å². The quantitative estimate of drug-likeness (QED) is 0.745. The van der Waals surface area contributed by atoms with Gasteiger partial charge in [0.15, 0.2) is 0 Å². The highest BCUT2D eigenvalue weighted by Gasteiger charge is 2.13. The Kier molecular flexibility index (Phi) is 3.65. The van der Waals surface area contributed by atoms with Crippen LogP contribution in [0.4, 0.5) is 0 Å². The zero-order chi connectivity index (χ0) is 14.9. The van der Waals surface area contributed by atoms with Gasteiger partial charge in [-0.3, -0.25) is 9.30 Å². The Morgan fingerprint density at radius 1 is 1.27 bits per heavy atom. The fourth-order valence-electron chi connectivity index (χ4n) is 2.81. The van der Waals surface area contributed by atoms with E-state index in [1.807, 2.05) is 13.1 Å². The molecule has 114 valence electrons. The molecular formula is C16H18N4OS. The molecule has 0 unspecified atom stereocenters. The van der Waals surface area contributed by atoms with Crippen molar-refractivity contribution in [3.8, 4) is 11.4 Å². The Labute approximate surface area is 133 Å². The first-order valence-corrected chi connectivity index (χ1v) is 8.36. The molecule has 22 heavy (non-hydrogen) atoms. The average Bonchev–Trinajstić information content (AvgIpc) is 3.14. The van der Waals surface area contributed by atoms with E-state index < -0.39 is 0 Å². The van der Waals surface area contributed by atoms with Crippen LogP contribution in [0.3, 0.4) is 0 Å². The molecule has 0 bridgehead atoms. The fourth-order valence-corrected chi connectivity index (χ4v) is 3.41. The van der Waals surface area contributed by atoms with E-state index in [0.29, 0.717) is 0 Å². The molecule has 1 fully saturated rings. The first-order chi connectivity index (χ1) is 10.8. The summed E-state index contributed by atoms with van der Waals surface area (Å²) in [4.78, 5) is 11.5. The van der Waals surface area contributed by atoms with Crippen LogP contribution in [-0.4, -0.2) is 45.6 Å². The summed E-state index contributed by atoms with van der Waals surface area (Å²) in [5.41, 5.74) is 4.31. The molecule has 6 heteroatoms. The number of hydrogen-bond acceptors (Lipinski definition) is 5. The minimum Gasteiger partial charge on any atom is -0.379 e. The molecule has 3 aromatic heterocycles. The molecule has 4 rings (SSSR count). The van der Waals surface area contributed by atoms with Gasteiger partial charge in [0, 0.05) is 31.2 Å². The molecule has 1 aliphatic rings. The molecule has 4 heterocycles. The van der Waals surface area contributed by atoms with E-state index in [9.17, 15) is 0 Å². The Morgan fingerprint density at radius 3 is 2.91 bits per heavy atom. The maximum Gasteiger partial charge on any atom is 0.137 e. The van der Waals surface area contributed by atoms with E-state index in [2.05, 4.69) is 43.0 Å². The van der Waals surface area contributed by atoms with Crippen LogP contribution in [0, 0.1) is 6.92 Å². The van der Waals surface area contributed by atoms with Crippen LogP contribution >= 0.6 is 11.3 Å². The van der Waals surface area contributed by atoms with Gasteiger partial charge in [0.05, 0.1) is 35.8 Å². The number of pyridine rings is 1. The van der Waals surface area contributed by atoms with Gasteiger partial charge in [-0.2, -0.15) is 0 Å². The van der Waals surface area contributed by atoms with Crippen LogP contribution < -0.4 is 0 Å². The molecular weight excluding hydrogens is 296 g/mol. The summed E-state index contributed by atoms with van der Waals surface area (Å²) in [6, 6.07) is 4.24. The second kappa shape index (κ2) is 5.79. The summed E-state index contributed by atoms with van der Waals surface area (Å²) in [6.45, 7) is 6.64. The largest absolute Gasteiger partial charge is 0.379 e. The number of fused-ring (bicyclic) bond motifs is 1. The van der Waals surface area contributed by atoms with Gasteiger partial charge < -0.3 is 4.74 Å². The Morgan fingerprint density at radius 2 is 2.14 bits per heavy atom. The summed E-state index contributed by atoms with van der Waals surface area (Å²) in [7, 11) is 0. The fraction of sp³-hybridized carbons (Fsp3) is 0.375. The van der Waals surface area contributed by atoms with Gasteiger partial charge in [-0.15, -0.1) is 11.3 Å². The van der Waals surface area contributed by atoms with Crippen LogP contribution in [0.2, 0.25) is 0 Å². The lowest BCUT2D eigenvalue weighted by molar-refractivity contribution is 0.0341. The Balaban J connectivity index is 1.67. The summed E-state index contributed by atoms with van der Waals surface area (Å²) in [5, 5.41) is 3.17. The van der Waals surface area contributed by atoms with Gasteiger partial charge in [-0.25, -0.2) is 9.97 Å². The van der Waals surface area contributed by atoms with E-state index in [1.54, 1.807) is 11.3 Å². The number of rotatable bonds is 3. The SMILES string of the molecule is Cc1nc(-c2cnc3ccc(CN4CCOCC4)cn23)cs1. The molecule has 0 N–H and O–H groups in total. The van der Waals surface area contributed by atoms with E-state index in [0.717, 1.165) is 54.9 Å². The van der Waals surface area contributed by atoms with E-state index in [4.69, 9.17) is 4.74 Å². The lowest BCUT2D eigenvalue weighted by atomic mass is 10.2. The molecule has 0 aromatic carbocycles. The van der Waals surface area contributed by atoms with Crippen LogP contribution in [0.25, 0.3) is 17.0 Å². The molecule has 1 saturated heterocycles. The molecule has 3 aromatic rings. The van der Waals surface area contributed by atoms with Crippen LogP contribution in [0.15, 0.2) is 29.9 Å². The lowest BCUT2D eigenvalue weighted by Crippen LogP contribution is -2.35. The van der Waals surface area contributed by atoms with Crippen molar-refractivity contribution in [2.24, 2.45) is 0 Å². The van der Waals surface area contributed by atoms with Crippen molar-refractivity contribution in [1.82, 2.24) is 19.3 Å². The third-order valence-electron chi connectivity index (χ3n) is 3.96. The lowest BCUT2D eigenvalue weighted by Gasteiger charge is -2.26. The zero-order valence-electron chi connectivity index (χ0n) is 12.5. The molecule has 0 spiro atoms.